The molecule has 2 rings (SSSR count). The van der Waals surface area contributed by atoms with Gasteiger partial charge in [0.25, 0.3) is 0 Å². The van der Waals surface area contributed by atoms with Crippen molar-refractivity contribution in [3.8, 4) is 5.75 Å². The van der Waals surface area contributed by atoms with Crippen LogP contribution in [0.4, 0.5) is 0 Å². The maximum absolute atomic E-state index is 5.56. The van der Waals surface area contributed by atoms with Gasteiger partial charge in [0.1, 0.15) is 5.75 Å². The van der Waals surface area contributed by atoms with Gasteiger partial charge in [0.15, 0.2) is 5.96 Å². The van der Waals surface area contributed by atoms with Crippen LogP contribution in [0, 0.1) is 5.41 Å². The highest BCUT2D eigenvalue weighted by atomic mass is 16.5. The van der Waals surface area contributed by atoms with Gasteiger partial charge in [-0.3, -0.25) is 4.99 Å². The first-order valence-electron chi connectivity index (χ1n) is 9.36. The summed E-state index contributed by atoms with van der Waals surface area (Å²) in [6, 6.07) is 8.18. The molecule has 0 atom stereocenters. The molecule has 0 bridgehead atoms. The van der Waals surface area contributed by atoms with Gasteiger partial charge in [0, 0.05) is 33.9 Å². The minimum absolute atomic E-state index is 0.350. The summed E-state index contributed by atoms with van der Waals surface area (Å²) in [5, 5.41) is 6.93. The number of aliphatic imine (C=N–C) groups is 1. The molecule has 5 nitrogen and oxygen atoms in total. The normalized spacial score (nSPS) is 16.7. The van der Waals surface area contributed by atoms with Crippen LogP contribution in [-0.2, 0) is 11.3 Å². The fourth-order valence-corrected chi connectivity index (χ4v) is 3.55. The van der Waals surface area contributed by atoms with E-state index in [1.807, 2.05) is 26.1 Å². The Morgan fingerprint density at radius 2 is 2.04 bits per heavy atom. The minimum atomic E-state index is 0.350. The lowest BCUT2D eigenvalue weighted by molar-refractivity contribution is 0.138. The first kappa shape index (κ1) is 19.6. The molecule has 1 fully saturated rings. The fourth-order valence-electron chi connectivity index (χ4n) is 3.55. The summed E-state index contributed by atoms with van der Waals surface area (Å²) in [5.74, 6) is 1.76. The van der Waals surface area contributed by atoms with Crippen molar-refractivity contribution in [1.29, 1.82) is 0 Å². The molecule has 25 heavy (non-hydrogen) atoms. The second-order valence-corrected chi connectivity index (χ2v) is 6.81. The van der Waals surface area contributed by atoms with Gasteiger partial charge in [-0.15, -0.1) is 0 Å². The van der Waals surface area contributed by atoms with E-state index in [1.54, 1.807) is 7.11 Å². The van der Waals surface area contributed by atoms with Crippen LogP contribution < -0.4 is 15.4 Å². The molecule has 1 aromatic rings. The zero-order chi connectivity index (χ0) is 18.0. The van der Waals surface area contributed by atoms with E-state index in [4.69, 9.17) is 9.47 Å². The molecule has 1 aliphatic rings. The van der Waals surface area contributed by atoms with Crippen LogP contribution in [0.25, 0.3) is 0 Å². The highest BCUT2D eigenvalue weighted by molar-refractivity contribution is 5.79. The lowest BCUT2D eigenvalue weighted by atomic mass is 9.83. The maximum atomic E-state index is 5.56. The Hall–Kier alpha value is -1.75. The number of hydrogen-bond acceptors (Lipinski definition) is 3. The smallest absolute Gasteiger partial charge is 0.191 e. The van der Waals surface area contributed by atoms with Crippen LogP contribution in [0.5, 0.6) is 5.75 Å². The molecule has 1 aliphatic carbocycles. The second kappa shape index (κ2) is 10.3. The van der Waals surface area contributed by atoms with Crippen LogP contribution in [0.15, 0.2) is 29.3 Å². The molecule has 140 valence electrons. The van der Waals surface area contributed by atoms with E-state index >= 15 is 0 Å². The predicted molar refractivity (Wildman–Crippen MR) is 103 cm³/mol. The minimum Gasteiger partial charge on any atom is -0.494 e. The van der Waals surface area contributed by atoms with Crippen LogP contribution in [0.3, 0.4) is 0 Å². The first-order valence-corrected chi connectivity index (χ1v) is 9.36. The third kappa shape index (κ3) is 6.24. The maximum Gasteiger partial charge on any atom is 0.191 e. The van der Waals surface area contributed by atoms with Gasteiger partial charge >= 0.3 is 0 Å². The number of methoxy groups -OCH3 is 1. The van der Waals surface area contributed by atoms with E-state index in [0.29, 0.717) is 12.0 Å². The summed E-state index contributed by atoms with van der Waals surface area (Å²) < 4.78 is 10.9. The second-order valence-electron chi connectivity index (χ2n) is 6.81. The van der Waals surface area contributed by atoms with Crippen molar-refractivity contribution in [2.45, 2.75) is 45.6 Å². The summed E-state index contributed by atoms with van der Waals surface area (Å²) in [6.07, 6.45) is 6.31. The summed E-state index contributed by atoms with van der Waals surface area (Å²) in [5.41, 5.74) is 1.53. The van der Waals surface area contributed by atoms with E-state index in [2.05, 4.69) is 27.8 Å². The lowest BCUT2D eigenvalue weighted by Gasteiger charge is -2.30. The molecule has 0 aromatic heterocycles. The van der Waals surface area contributed by atoms with E-state index in [1.165, 1.54) is 31.2 Å². The van der Waals surface area contributed by atoms with Crippen molar-refractivity contribution in [3.63, 3.8) is 0 Å². The Balaban J connectivity index is 1.84. The van der Waals surface area contributed by atoms with Crippen LogP contribution >= 0.6 is 0 Å². The van der Waals surface area contributed by atoms with Crippen molar-refractivity contribution >= 4 is 5.96 Å². The third-order valence-corrected chi connectivity index (χ3v) is 5.02. The fraction of sp³-hybridized carbons (Fsp3) is 0.650. The molecule has 0 unspecified atom stereocenters. The van der Waals surface area contributed by atoms with Gasteiger partial charge in [-0.05, 0) is 49.3 Å². The Morgan fingerprint density at radius 3 is 2.72 bits per heavy atom. The topological polar surface area (TPSA) is 54.9 Å². The van der Waals surface area contributed by atoms with Crippen molar-refractivity contribution in [2.75, 3.05) is 33.9 Å². The molecule has 1 saturated carbocycles. The molecule has 5 heteroatoms. The standard InChI is InChI=1S/C20H33N3O2/c1-4-25-18-9-7-8-17(14-18)15-22-19(21-2)23-16-20(12-13-24-3)10-5-6-11-20/h7-9,14H,4-6,10-13,15-16H2,1-3H3,(H2,21,22,23). The summed E-state index contributed by atoms with van der Waals surface area (Å²) in [7, 11) is 3.61. The van der Waals surface area contributed by atoms with Gasteiger partial charge in [0.2, 0.25) is 0 Å². The zero-order valence-electron chi connectivity index (χ0n) is 15.9. The average molecular weight is 348 g/mol. The number of nitrogens with one attached hydrogen (secondary N) is 2. The van der Waals surface area contributed by atoms with Gasteiger partial charge < -0.3 is 20.1 Å². The Morgan fingerprint density at radius 1 is 1.24 bits per heavy atom. The number of ether oxygens (including phenoxy) is 2. The van der Waals surface area contributed by atoms with Crippen molar-refractivity contribution < 1.29 is 9.47 Å². The van der Waals surface area contributed by atoms with Gasteiger partial charge in [-0.25, -0.2) is 0 Å². The zero-order valence-corrected chi connectivity index (χ0v) is 15.9. The molecule has 0 spiro atoms. The molecule has 0 aliphatic heterocycles. The van der Waals surface area contributed by atoms with E-state index in [-0.39, 0.29) is 0 Å². The number of benzene rings is 1. The number of hydrogen-bond donors (Lipinski definition) is 2. The monoisotopic (exact) mass is 347 g/mol. The highest BCUT2D eigenvalue weighted by Gasteiger charge is 2.33. The quantitative estimate of drug-likeness (QED) is 0.531. The Labute approximate surface area is 152 Å². The largest absolute Gasteiger partial charge is 0.494 e. The molecule has 0 heterocycles. The Bertz CT molecular complexity index is 539. The van der Waals surface area contributed by atoms with Crippen LogP contribution in [0.1, 0.15) is 44.6 Å². The average Bonchev–Trinajstić information content (AvgIpc) is 3.10. The first-order chi connectivity index (χ1) is 12.2. The molecule has 0 amide bonds. The lowest BCUT2D eigenvalue weighted by Crippen LogP contribution is -2.43. The molecule has 0 radical (unpaired) electrons. The highest BCUT2D eigenvalue weighted by Crippen LogP contribution is 2.40. The van der Waals surface area contributed by atoms with Crippen LogP contribution in [-0.4, -0.2) is 39.9 Å². The number of guanidine groups is 1. The van der Waals surface area contributed by atoms with Crippen molar-refractivity contribution in [1.82, 2.24) is 10.6 Å². The number of nitrogens with zero attached hydrogens (tertiary/aromatic N) is 1. The molecular weight excluding hydrogens is 314 g/mol. The molecule has 2 N–H and O–H groups in total. The third-order valence-electron chi connectivity index (χ3n) is 5.02. The summed E-state index contributed by atoms with van der Waals surface area (Å²) in [6.45, 7) is 5.20. The molecule has 0 saturated heterocycles. The van der Waals surface area contributed by atoms with E-state index < -0.39 is 0 Å². The SMILES string of the molecule is CCOc1cccc(CNC(=NC)NCC2(CCOC)CCCC2)c1. The number of rotatable bonds is 9. The van der Waals surface area contributed by atoms with Crippen molar-refractivity contribution in [2.24, 2.45) is 10.4 Å². The predicted octanol–water partition coefficient (Wildman–Crippen LogP) is 3.35. The molecular formula is C20H33N3O2. The van der Waals surface area contributed by atoms with Gasteiger partial charge in [-0.1, -0.05) is 25.0 Å². The molecule has 1 aromatic carbocycles. The Kier molecular flexibility index (Phi) is 8.06. The summed E-state index contributed by atoms with van der Waals surface area (Å²) >= 11 is 0. The van der Waals surface area contributed by atoms with E-state index in [9.17, 15) is 0 Å². The van der Waals surface area contributed by atoms with Crippen LogP contribution in [0.2, 0.25) is 0 Å². The summed E-state index contributed by atoms with van der Waals surface area (Å²) in [4.78, 5) is 4.37. The van der Waals surface area contributed by atoms with Gasteiger partial charge in [-0.2, -0.15) is 0 Å². The van der Waals surface area contributed by atoms with E-state index in [0.717, 1.165) is 37.8 Å². The van der Waals surface area contributed by atoms with Crippen molar-refractivity contribution in [3.05, 3.63) is 29.8 Å². The van der Waals surface area contributed by atoms with Gasteiger partial charge in [0.05, 0.1) is 6.61 Å².